The summed E-state index contributed by atoms with van der Waals surface area (Å²) in [6.07, 6.45) is 0. The minimum atomic E-state index is -0.140. The van der Waals surface area contributed by atoms with Crippen LogP contribution >= 0.6 is 25.3 Å². The molecule has 0 spiro atoms. The summed E-state index contributed by atoms with van der Waals surface area (Å²) in [6, 6.07) is 19.6. The molecule has 0 saturated heterocycles. The Morgan fingerprint density at radius 2 is 1.14 bits per heavy atom. The van der Waals surface area contributed by atoms with Crippen LogP contribution in [-0.2, 0) is 0 Å². The lowest BCUT2D eigenvalue weighted by Gasteiger charge is -2.25. The molecule has 0 aliphatic rings. The van der Waals surface area contributed by atoms with E-state index in [1.807, 2.05) is 60.7 Å². The van der Waals surface area contributed by atoms with E-state index in [1.165, 1.54) is 0 Å². The predicted molar refractivity (Wildman–Crippen MR) is 97.2 cm³/mol. The fraction of sp³-hybridized carbons (Fsp3) is 0.294. The van der Waals surface area contributed by atoms with Crippen LogP contribution in [0.1, 0.15) is 0 Å². The molecule has 0 N–H and O–H groups in total. The molecule has 0 radical (unpaired) electrons. The summed E-state index contributed by atoms with van der Waals surface area (Å²) in [5, 5.41) is 0. The molecule has 22 heavy (non-hydrogen) atoms. The van der Waals surface area contributed by atoms with Crippen LogP contribution in [0.25, 0.3) is 0 Å². The molecule has 0 unspecified atom stereocenters. The maximum Gasteiger partial charge on any atom is 0.119 e. The van der Waals surface area contributed by atoms with Crippen molar-refractivity contribution in [1.82, 2.24) is 4.90 Å². The zero-order chi connectivity index (χ0) is 15.6. The van der Waals surface area contributed by atoms with E-state index in [9.17, 15) is 0 Å². The highest BCUT2D eigenvalue weighted by Gasteiger charge is 2.11. The van der Waals surface area contributed by atoms with Gasteiger partial charge in [-0.15, -0.1) is 25.3 Å². The first-order chi connectivity index (χ1) is 10.8. The van der Waals surface area contributed by atoms with Crippen molar-refractivity contribution in [3.63, 3.8) is 0 Å². The summed E-state index contributed by atoms with van der Waals surface area (Å²) >= 11 is 8.79. The average Bonchev–Trinajstić information content (AvgIpc) is 2.55. The molecule has 0 aliphatic carbocycles. The number of nitrogens with zero attached hydrogens (tertiary/aromatic N) is 1. The maximum absolute atomic E-state index is 5.70. The van der Waals surface area contributed by atoms with Crippen molar-refractivity contribution in [3.05, 3.63) is 60.7 Å². The molecule has 0 bridgehead atoms. The first-order valence-electron chi connectivity index (χ1n) is 7.21. The topological polar surface area (TPSA) is 21.7 Å². The highest BCUT2D eigenvalue weighted by Crippen LogP contribution is 2.12. The van der Waals surface area contributed by atoms with Gasteiger partial charge in [-0.05, 0) is 24.3 Å². The Bertz CT molecular complexity index is 477. The number of benzene rings is 2. The molecule has 0 heterocycles. The summed E-state index contributed by atoms with van der Waals surface area (Å²) in [7, 11) is 0. The lowest BCUT2D eigenvalue weighted by atomic mass is 10.3. The second-order valence-corrected chi connectivity index (χ2v) is 6.09. The number of ether oxygens (including phenoxy) is 2. The number of para-hydroxylation sites is 2. The Kier molecular flexibility index (Phi) is 7.49. The second kappa shape index (κ2) is 9.66. The number of hydrogen-bond donors (Lipinski definition) is 2. The molecule has 5 heteroatoms. The number of hydrogen-bond acceptors (Lipinski definition) is 5. The van der Waals surface area contributed by atoms with Gasteiger partial charge in [0.1, 0.15) is 24.7 Å². The minimum Gasteiger partial charge on any atom is -0.492 e. The quantitative estimate of drug-likeness (QED) is 0.540. The molecule has 2 aromatic carbocycles. The molecule has 2 aromatic rings. The Morgan fingerprint density at radius 1 is 0.727 bits per heavy atom. The van der Waals surface area contributed by atoms with Gasteiger partial charge in [0.25, 0.3) is 0 Å². The van der Waals surface area contributed by atoms with Crippen LogP contribution in [0, 0.1) is 0 Å². The second-order valence-electron chi connectivity index (χ2n) is 4.71. The molecule has 0 amide bonds. The van der Waals surface area contributed by atoms with Gasteiger partial charge >= 0.3 is 0 Å². The summed E-state index contributed by atoms with van der Waals surface area (Å²) in [4.78, 5) is 2.10. The van der Waals surface area contributed by atoms with Crippen LogP contribution < -0.4 is 9.47 Å². The summed E-state index contributed by atoms with van der Waals surface area (Å²) < 4.78 is 11.3. The predicted octanol–water partition coefficient (Wildman–Crippen LogP) is 3.59. The van der Waals surface area contributed by atoms with E-state index < -0.39 is 0 Å². The van der Waals surface area contributed by atoms with Crippen molar-refractivity contribution >= 4 is 25.3 Å². The van der Waals surface area contributed by atoms with Crippen molar-refractivity contribution in [2.45, 2.75) is 4.71 Å². The van der Waals surface area contributed by atoms with Gasteiger partial charge in [-0.2, -0.15) is 0 Å². The van der Waals surface area contributed by atoms with Crippen molar-refractivity contribution in [1.29, 1.82) is 0 Å². The average molecular weight is 335 g/mol. The molecule has 0 saturated carbocycles. The molecule has 0 aliphatic heterocycles. The van der Waals surface area contributed by atoms with Gasteiger partial charge in [0, 0.05) is 13.1 Å². The molecule has 3 nitrogen and oxygen atoms in total. The van der Waals surface area contributed by atoms with E-state index in [-0.39, 0.29) is 4.71 Å². The van der Waals surface area contributed by atoms with Gasteiger partial charge < -0.3 is 9.47 Å². The normalized spacial score (nSPS) is 10.9. The molecular weight excluding hydrogens is 314 g/mol. The summed E-state index contributed by atoms with van der Waals surface area (Å²) in [6.45, 7) is 2.66. The van der Waals surface area contributed by atoms with Crippen molar-refractivity contribution in [3.8, 4) is 11.5 Å². The van der Waals surface area contributed by atoms with Crippen LogP contribution in [0.4, 0.5) is 0 Å². The van der Waals surface area contributed by atoms with Crippen LogP contribution in [-0.4, -0.2) is 35.9 Å². The first-order valence-corrected chi connectivity index (χ1v) is 8.25. The van der Waals surface area contributed by atoms with Crippen LogP contribution in [0.5, 0.6) is 11.5 Å². The molecule has 118 valence electrons. The third kappa shape index (κ3) is 6.22. The smallest absolute Gasteiger partial charge is 0.119 e. The van der Waals surface area contributed by atoms with E-state index in [0.29, 0.717) is 13.2 Å². The van der Waals surface area contributed by atoms with E-state index in [1.54, 1.807) is 0 Å². The Labute approximate surface area is 143 Å². The highest BCUT2D eigenvalue weighted by molar-refractivity contribution is 7.99. The van der Waals surface area contributed by atoms with Crippen LogP contribution in [0.15, 0.2) is 60.7 Å². The van der Waals surface area contributed by atoms with Crippen LogP contribution in [0.2, 0.25) is 0 Å². The monoisotopic (exact) mass is 335 g/mol. The highest BCUT2D eigenvalue weighted by atomic mass is 32.2. The zero-order valence-corrected chi connectivity index (χ0v) is 14.1. The Morgan fingerprint density at radius 3 is 1.50 bits per heavy atom. The van der Waals surface area contributed by atoms with Gasteiger partial charge in [0.2, 0.25) is 0 Å². The molecule has 0 atom stereocenters. The summed E-state index contributed by atoms with van der Waals surface area (Å²) in [5.41, 5.74) is 0. The van der Waals surface area contributed by atoms with E-state index in [2.05, 4.69) is 30.2 Å². The fourth-order valence-electron chi connectivity index (χ4n) is 1.94. The van der Waals surface area contributed by atoms with E-state index in [4.69, 9.17) is 9.47 Å². The molecular formula is C17H21NO2S2. The van der Waals surface area contributed by atoms with E-state index in [0.717, 1.165) is 24.6 Å². The van der Waals surface area contributed by atoms with Crippen molar-refractivity contribution in [2.24, 2.45) is 0 Å². The zero-order valence-electron chi connectivity index (χ0n) is 12.3. The Balaban J connectivity index is 1.70. The SMILES string of the molecule is SC(S)N(CCOc1ccccc1)CCOc1ccccc1. The Hall–Kier alpha value is -1.30. The molecule has 0 fully saturated rings. The largest absolute Gasteiger partial charge is 0.492 e. The fourth-order valence-corrected chi connectivity index (χ4v) is 2.40. The molecule has 2 rings (SSSR count). The van der Waals surface area contributed by atoms with Gasteiger partial charge in [-0.25, -0.2) is 0 Å². The third-order valence-electron chi connectivity index (χ3n) is 3.11. The van der Waals surface area contributed by atoms with Gasteiger partial charge in [-0.3, -0.25) is 4.90 Å². The molecule has 0 aromatic heterocycles. The standard InChI is InChI=1S/C17H21NO2S2/c21-17(22)18(11-13-19-15-7-3-1-4-8-15)12-14-20-16-9-5-2-6-10-16/h1-10,17,21-22H,11-14H2. The maximum atomic E-state index is 5.70. The van der Waals surface area contributed by atoms with Crippen molar-refractivity contribution < 1.29 is 9.47 Å². The first kappa shape index (κ1) is 17.1. The lowest BCUT2D eigenvalue weighted by molar-refractivity contribution is 0.190. The van der Waals surface area contributed by atoms with Gasteiger partial charge in [0.15, 0.2) is 0 Å². The van der Waals surface area contributed by atoms with Crippen LogP contribution in [0.3, 0.4) is 0 Å². The number of thiol groups is 2. The van der Waals surface area contributed by atoms with Gasteiger partial charge in [-0.1, -0.05) is 36.4 Å². The van der Waals surface area contributed by atoms with E-state index >= 15 is 0 Å². The van der Waals surface area contributed by atoms with Crippen molar-refractivity contribution in [2.75, 3.05) is 26.3 Å². The van der Waals surface area contributed by atoms with Gasteiger partial charge in [0.05, 0.1) is 4.71 Å². The minimum absolute atomic E-state index is 0.140. The third-order valence-corrected chi connectivity index (χ3v) is 3.76. The number of rotatable bonds is 9. The lowest BCUT2D eigenvalue weighted by Crippen LogP contribution is -2.35. The summed E-state index contributed by atoms with van der Waals surface area (Å²) in [5.74, 6) is 1.75.